The Labute approximate surface area is 112 Å². The Hall–Kier alpha value is -2.02. The normalized spacial score (nSPS) is 11.4. The molecule has 0 aliphatic rings. The van der Waals surface area contributed by atoms with E-state index in [1.54, 1.807) is 30.3 Å². The number of anilines is 2. The maximum absolute atomic E-state index is 12.0. The molecule has 0 fully saturated rings. The third kappa shape index (κ3) is 3.47. The largest absolute Gasteiger partial charge is 0.398 e. The van der Waals surface area contributed by atoms with E-state index in [2.05, 4.69) is 14.9 Å². The molecule has 102 valence electrons. The highest BCUT2D eigenvalue weighted by atomic mass is 32.2. The molecule has 0 atom stereocenters. The van der Waals surface area contributed by atoms with Crippen molar-refractivity contribution in [1.29, 1.82) is 0 Å². The second-order valence-corrected chi connectivity index (χ2v) is 5.91. The minimum atomic E-state index is -3.52. The fourth-order valence-corrected chi connectivity index (χ4v) is 2.83. The maximum atomic E-state index is 12.0. The van der Waals surface area contributed by atoms with Crippen LogP contribution in [0.5, 0.6) is 0 Å². The van der Waals surface area contributed by atoms with Crippen LogP contribution in [0.1, 0.15) is 18.2 Å². The number of H-pyrrole nitrogens is 1. The van der Waals surface area contributed by atoms with Crippen LogP contribution >= 0.6 is 0 Å². The van der Waals surface area contributed by atoms with Crippen LogP contribution in [0.4, 0.5) is 11.5 Å². The molecule has 0 spiro atoms. The van der Waals surface area contributed by atoms with Crippen LogP contribution in [-0.4, -0.2) is 18.6 Å². The van der Waals surface area contributed by atoms with E-state index in [9.17, 15) is 8.42 Å². The van der Waals surface area contributed by atoms with E-state index < -0.39 is 10.0 Å². The lowest BCUT2D eigenvalue weighted by Gasteiger charge is -2.07. The molecule has 1 aromatic carbocycles. The molecule has 1 heterocycles. The molecule has 0 saturated heterocycles. The van der Waals surface area contributed by atoms with Gasteiger partial charge in [-0.1, -0.05) is 25.1 Å². The number of nitrogens with two attached hydrogens (primary N) is 1. The zero-order valence-electron chi connectivity index (χ0n) is 10.6. The summed E-state index contributed by atoms with van der Waals surface area (Å²) in [7, 11) is -3.52. The van der Waals surface area contributed by atoms with Crippen molar-refractivity contribution < 1.29 is 8.42 Å². The Balaban J connectivity index is 2.13. The van der Waals surface area contributed by atoms with Crippen molar-refractivity contribution in [2.24, 2.45) is 0 Å². The van der Waals surface area contributed by atoms with Gasteiger partial charge >= 0.3 is 0 Å². The van der Waals surface area contributed by atoms with Gasteiger partial charge in [-0.15, -0.1) is 0 Å². The standard InChI is InChI=1S/C12H16N4O2S/c1-2-10-7-12(15-14-10)16-19(17,18)8-9-5-3-4-6-11(9)13/h3-7H,2,8,13H2,1H3,(H2,14,15,16). The molecular weight excluding hydrogens is 264 g/mol. The molecule has 7 heteroatoms. The Morgan fingerprint density at radius 2 is 2.11 bits per heavy atom. The van der Waals surface area contributed by atoms with Crippen molar-refractivity contribution in [1.82, 2.24) is 10.2 Å². The first-order chi connectivity index (χ1) is 9.00. The Bertz CT molecular complexity index is 664. The van der Waals surface area contributed by atoms with Crippen molar-refractivity contribution in [2.45, 2.75) is 19.1 Å². The SMILES string of the molecule is CCc1cc(NS(=O)(=O)Cc2ccccc2N)n[nH]1. The number of aromatic amines is 1. The average molecular weight is 280 g/mol. The summed E-state index contributed by atoms with van der Waals surface area (Å²) in [6.07, 6.45) is 0.764. The van der Waals surface area contributed by atoms with Crippen molar-refractivity contribution in [2.75, 3.05) is 10.5 Å². The number of nitrogens with zero attached hydrogens (tertiary/aromatic N) is 1. The lowest BCUT2D eigenvalue weighted by molar-refractivity contribution is 0.600. The number of rotatable bonds is 5. The zero-order chi connectivity index (χ0) is 13.9. The van der Waals surface area contributed by atoms with E-state index in [0.29, 0.717) is 17.1 Å². The van der Waals surface area contributed by atoms with Crippen LogP contribution in [0.2, 0.25) is 0 Å². The molecule has 19 heavy (non-hydrogen) atoms. The Morgan fingerprint density at radius 3 is 2.74 bits per heavy atom. The first-order valence-corrected chi connectivity index (χ1v) is 7.53. The Kier molecular flexibility index (Phi) is 3.75. The van der Waals surface area contributed by atoms with Gasteiger partial charge in [0.25, 0.3) is 0 Å². The molecule has 0 bridgehead atoms. The molecule has 0 aliphatic heterocycles. The molecular formula is C12H16N4O2S. The molecule has 0 aliphatic carbocycles. The zero-order valence-corrected chi connectivity index (χ0v) is 11.4. The van der Waals surface area contributed by atoms with Crippen LogP contribution in [0, 0.1) is 0 Å². The van der Waals surface area contributed by atoms with Gasteiger partial charge in [-0.05, 0) is 18.1 Å². The van der Waals surface area contributed by atoms with Gasteiger partial charge in [-0.2, -0.15) is 5.10 Å². The average Bonchev–Trinajstić information content (AvgIpc) is 2.78. The van der Waals surface area contributed by atoms with Gasteiger partial charge in [0.2, 0.25) is 10.0 Å². The summed E-state index contributed by atoms with van der Waals surface area (Å²) < 4.78 is 26.4. The minimum absolute atomic E-state index is 0.173. The summed E-state index contributed by atoms with van der Waals surface area (Å²) in [5, 5.41) is 6.64. The highest BCUT2D eigenvalue weighted by Crippen LogP contribution is 2.16. The van der Waals surface area contributed by atoms with E-state index in [0.717, 1.165) is 12.1 Å². The predicted molar refractivity (Wildman–Crippen MR) is 75.1 cm³/mol. The molecule has 1 aromatic heterocycles. The number of benzene rings is 1. The van der Waals surface area contributed by atoms with Gasteiger partial charge in [0.05, 0.1) is 5.75 Å². The van der Waals surface area contributed by atoms with Gasteiger partial charge < -0.3 is 5.73 Å². The second kappa shape index (κ2) is 5.31. The predicted octanol–water partition coefficient (Wildman–Crippen LogP) is 1.50. The van der Waals surface area contributed by atoms with Crippen molar-refractivity contribution >= 4 is 21.5 Å². The van der Waals surface area contributed by atoms with E-state index in [4.69, 9.17) is 5.73 Å². The summed E-state index contributed by atoms with van der Waals surface area (Å²) in [6, 6.07) is 8.56. The third-order valence-electron chi connectivity index (χ3n) is 2.67. The van der Waals surface area contributed by atoms with Crippen LogP contribution in [0.15, 0.2) is 30.3 Å². The Morgan fingerprint density at radius 1 is 1.37 bits per heavy atom. The van der Waals surface area contributed by atoms with E-state index in [1.807, 2.05) is 6.92 Å². The molecule has 6 nitrogen and oxygen atoms in total. The van der Waals surface area contributed by atoms with Crippen molar-refractivity contribution in [3.63, 3.8) is 0 Å². The summed E-state index contributed by atoms with van der Waals surface area (Å²) in [6.45, 7) is 1.95. The van der Waals surface area contributed by atoms with Crippen LogP contribution in [0.3, 0.4) is 0 Å². The van der Waals surface area contributed by atoms with Crippen LogP contribution in [-0.2, 0) is 22.2 Å². The molecule has 2 aromatic rings. The molecule has 0 amide bonds. The summed E-state index contributed by atoms with van der Waals surface area (Å²) in [5.41, 5.74) is 7.64. The fraction of sp³-hybridized carbons (Fsp3) is 0.250. The number of nitrogen functional groups attached to an aromatic ring is 1. The van der Waals surface area contributed by atoms with Gasteiger partial charge in [-0.25, -0.2) is 8.42 Å². The number of aryl methyl sites for hydroxylation is 1. The highest BCUT2D eigenvalue weighted by Gasteiger charge is 2.14. The van der Waals surface area contributed by atoms with Gasteiger partial charge in [0, 0.05) is 17.4 Å². The van der Waals surface area contributed by atoms with Crippen LogP contribution < -0.4 is 10.5 Å². The molecule has 0 unspecified atom stereocenters. The summed E-state index contributed by atoms with van der Waals surface area (Å²) >= 11 is 0. The van der Waals surface area contributed by atoms with Crippen molar-refractivity contribution in [3.05, 3.63) is 41.6 Å². The number of hydrogen-bond donors (Lipinski definition) is 3. The molecule has 2 rings (SSSR count). The van der Waals surface area contributed by atoms with Crippen LogP contribution in [0.25, 0.3) is 0 Å². The lowest BCUT2D eigenvalue weighted by atomic mass is 10.2. The van der Waals surface area contributed by atoms with Crippen molar-refractivity contribution in [3.8, 4) is 0 Å². The minimum Gasteiger partial charge on any atom is -0.398 e. The first-order valence-electron chi connectivity index (χ1n) is 5.88. The van der Waals surface area contributed by atoms with E-state index in [1.165, 1.54) is 0 Å². The van der Waals surface area contributed by atoms with Gasteiger partial charge in [0.15, 0.2) is 5.82 Å². The maximum Gasteiger partial charge on any atom is 0.238 e. The van der Waals surface area contributed by atoms with Gasteiger partial charge in [0.1, 0.15) is 0 Å². The summed E-state index contributed by atoms with van der Waals surface area (Å²) in [5.74, 6) is 0.125. The van der Waals surface area contributed by atoms with Gasteiger partial charge in [-0.3, -0.25) is 9.82 Å². The number of hydrogen-bond acceptors (Lipinski definition) is 4. The first kappa shape index (κ1) is 13.4. The summed E-state index contributed by atoms with van der Waals surface area (Å²) in [4.78, 5) is 0. The molecule has 0 radical (unpaired) electrons. The smallest absolute Gasteiger partial charge is 0.238 e. The molecule has 0 saturated carbocycles. The quantitative estimate of drug-likeness (QED) is 0.722. The number of nitrogens with one attached hydrogen (secondary N) is 2. The topological polar surface area (TPSA) is 101 Å². The fourth-order valence-electron chi connectivity index (χ4n) is 1.66. The number of para-hydroxylation sites is 1. The number of aromatic nitrogens is 2. The van der Waals surface area contributed by atoms with E-state index >= 15 is 0 Å². The molecule has 4 N–H and O–H groups in total. The monoisotopic (exact) mass is 280 g/mol. The van der Waals surface area contributed by atoms with E-state index in [-0.39, 0.29) is 5.75 Å². The second-order valence-electron chi connectivity index (χ2n) is 4.19. The lowest BCUT2D eigenvalue weighted by Crippen LogP contribution is -2.16. The highest BCUT2D eigenvalue weighted by molar-refractivity contribution is 7.91. The third-order valence-corrected chi connectivity index (χ3v) is 3.88. The number of sulfonamides is 1.